The molecule has 0 aromatic heterocycles. The van der Waals surface area contributed by atoms with Crippen molar-refractivity contribution in [3.05, 3.63) is 35.6 Å². The predicted octanol–water partition coefficient (Wildman–Crippen LogP) is 1.70. The highest BCUT2D eigenvalue weighted by Crippen LogP contribution is 2.22. The van der Waals surface area contributed by atoms with Crippen LogP contribution in [0.2, 0.25) is 0 Å². The van der Waals surface area contributed by atoms with Gasteiger partial charge in [-0.05, 0) is 24.5 Å². The van der Waals surface area contributed by atoms with Gasteiger partial charge in [0.25, 0.3) is 5.91 Å². The first kappa shape index (κ1) is 18.9. The second kappa shape index (κ2) is 8.07. The maximum Gasteiger partial charge on any atom is 0.254 e. The van der Waals surface area contributed by atoms with Crippen molar-refractivity contribution in [2.45, 2.75) is 25.8 Å². The van der Waals surface area contributed by atoms with E-state index in [2.05, 4.69) is 17.1 Å². The van der Waals surface area contributed by atoms with Crippen molar-refractivity contribution in [1.29, 1.82) is 0 Å². The molecule has 1 heterocycles. The predicted molar refractivity (Wildman–Crippen MR) is 92.2 cm³/mol. The Labute approximate surface area is 143 Å². The number of hydrogen-bond acceptors (Lipinski definition) is 4. The lowest BCUT2D eigenvalue weighted by Gasteiger charge is -2.19. The van der Waals surface area contributed by atoms with Crippen LogP contribution in [0.5, 0.6) is 0 Å². The van der Waals surface area contributed by atoms with E-state index in [4.69, 9.17) is 0 Å². The fourth-order valence-corrected chi connectivity index (χ4v) is 3.75. The van der Waals surface area contributed by atoms with Gasteiger partial charge in [-0.2, -0.15) is 0 Å². The van der Waals surface area contributed by atoms with Gasteiger partial charge in [0, 0.05) is 31.9 Å². The highest BCUT2D eigenvalue weighted by atomic mass is 32.2. The molecule has 0 aliphatic carbocycles. The topological polar surface area (TPSA) is 66.5 Å². The first-order valence-corrected chi connectivity index (χ1v) is 10.3. The number of amides is 1. The first-order chi connectivity index (χ1) is 11.3. The number of nitrogens with one attached hydrogen (secondary N) is 1. The lowest BCUT2D eigenvalue weighted by atomic mass is 9.98. The summed E-state index contributed by atoms with van der Waals surface area (Å²) in [5, 5.41) is 2.93. The standard InChI is InChI=1S/C17H25FN2O3S/c1-3-6-13-11-20(9-10-24(2,22)23)12-16(13)19-17(21)14-7-4-5-8-15(14)18/h4-5,7-8,13,16H,3,6,9-12H2,1-2H3,(H,19,21)/t13-,16-/m1/s1. The van der Waals surface area contributed by atoms with Crippen molar-refractivity contribution >= 4 is 15.7 Å². The Hall–Kier alpha value is -1.47. The fraction of sp³-hybridized carbons (Fsp3) is 0.588. The van der Waals surface area contributed by atoms with Crippen LogP contribution in [-0.2, 0) is 9.84 Å². The summed E-state index contributed by atoms with van der Waals surface area (Å²) in [7, 11) is -3.01. The zero-order valence-electron chi connectivity index (χ0n) is 14.2. The van der Waals surface area contributed by atoms with Gasteiger partial charge in [0.15, 0.2) is 0 Å². The molecule has 1 fully saturated rings. The highest BCUT2D eigenvalue weighted by molar-refractivity contribution is 7.90. The van der Waals surface area contributed by atoms with Crippen LogP contribution in [0.4, 0.5) is 4.39 Å². The van der Waals surface area contributed by atoms with E-state index in [-0.39, 0.29) is 23.3 Å². The summed E-state index contributed by atoms with van der Waals surface area (Å²) in [6, 6.07) is 5.83. The normalized spacial score (nSPS) is 21.8. The molecule has 1 N–H and O–H groups in total. The van der Waals surface area contributed by atoms with Crippen molar-refractivity contribution < 1.29 is 17.6 Å². The van der Waals surface area contributed by atoms with Crippen molar-refractivity contribution in [2.24, 2.45) is 5.92 Å². The summed E-state index contributed by atoms with van der Waals surface area (Å²) in [6.45, 7) is 3.89. The number of likely N-dealkylation sites (tertiary alicyclic amines) is 1. The minimum atomic E-state index is -3.01. The first-order valence-electron chi connectivity index (χ1n) is 8.25. The van der Waals surface area contributed by atoms with Gasteiger partial charge in [0.05, 0.1) is 11.3 Å². The van der Waals surface area contributed by atoms with Gasteiger partial charge >= 0.3 is 0 Å². The van der Waals surface area contributed by atoms with Gasteiger partial charge in [-0.15, -0.1) is 0 Å². The monoisotopic (exact) mass is 356 g/mol. The summed E-state index contributed by atoms with van der Waals surface area (Å²) in [4.78, 5) is 14.4. The zero-order valence-corrected chi connectivity index (χ0v) is 15.0. The van der Waals surface area contributed by atoms with Crippen LogP contribution in [-0.4, -0.2) is 56.9 Å². The van der Waals surface area contributed by atoms with Crippen LogP contribution in [0, 0.1) is 11.7 Å². The number of nitrogens with zero attached hydrogens (tertiary/aromatic N) is 1. The van der Waals surface area contributed by atoms with E-state index in [0.717, 1.165) is 19.4 Å². The molecule has 1 aromatic rings. The fourth-order valence-electron chi connectivity index (χ4n) is 3.16. The second-order valence-electron chi connectivity index (χ2n) is 6.50. The number of carbonyl (C=O) groups is 1. The lowest BCUT2D eigenvalue weighted by Crippen LogP contribution is -2.41. The third kappa shape index (κ3) is 5.27. The number of benzene rings is 1. The Kier molecular flexibility index (Phi) is 6.34. The Morgan fingerprint density at radius 2 is 2.04 bits per heavy atom. The van der Waals surface area contributed by atoms with E-state index in [1.165, 1.54) is 18.4 Å². The van der Waals surface area contributed by atoms with Crippen LogP contribution >= 0.6 is 0 Å². The highest BCUT2D eigenvalue weighted by Gasteiger charge is 2.33. The molecule has 0 saturated carbocycles. The van der Waals surface area contributed by atoms with E-state index in [9.17, 15) is 17.6 Å². The van der Waals surface area contributed by atoms with E-state index in [1.807, 2.05) is 0 Å². The molecule has 1 aliphatic rings. The van der Waals surface area contributed by atoms with Crippen LogP contribution in [0.15, 0.2) is 24.3 Å². The summed E-state index contributed by atoms with van der Waals surface area (Å²) < 4.78 is 36.4. The average Bonchev–Trinajstić information content (AvgIpc) is 2.87. The van der Waals surface area contributed by atoms with E-state index in [1.54, 1.807) is 12.1 Å². The van der Waals surface area contributed by atoms with Crippen LogP contribution in [0.25, 0.3) is 0 Å². The Bertz CT molecular complexity index is 678. The molecule has 2 rings (SSSR count). The maximum atomic E-state index is 13.7. The number of hydrogen-bond donors (Lipinski definition) is 1. The smallest absolute Gasteiger partial charge is 0.254 e. The SMILES string of the molecule is CCC[C@@H]1CN(CCS(C)(=O)=O)C[C@H]1NC(=O)c1ccccc1F. The van der Waals surface area contributed by atoms with E-state index >= 15 is 0 Å². The molecule has 24 heavy (non-hydrogen) atoms. The third-order valence-corrected chi connectivity index (χ3v) is 5.31. The van der Waals surface area contributed by atoms with Gasteiger partial charge in [0.1, 0.15) is 15.7 Å². The van der Waals surface area contributed by atoms with Crippen LogP contribution in [0.3, 0.4) is 0 Å². The Morgan fingerprint density at radius 3 is 2.67 bits per heavy atom. The molecule has 0 bridgehead atoms. The Morgan fingerprint density at radius 1 is 1.33 bits per heavy atom. The van der Waals surface area contributed by atoms with Crippen molar-refractivity contribution in [1.82, 2.24) is 10.2 Å². The van der Waals surface area contributed by atoms with Gasteiger partial charge in [0.2, 0.25) is 0 Å². The molecule has 1 amide bonds. The number of sulfone groups is 1. The number of halogens is 1. The van der Waals surface area contributed by atoms with E-state index < -0.39 is 21.6 Å². The maximum absolute atomic E-state index is 13.7. The summed E-state index contributed by atoms with van der Waals surface area (Å²) in [6.07, 6.45) is 3.15. The summed E-state index contributed by atoms with van der Waals surface area (Å²) >= 11 is 0. The van der Waals surface area contributed by atoms with Crippen molar-refractivity contribution in [3.63, 3.8) is 0 Å². The molecule has 1 saturated heterocycles. The van der Waals surface area contributed by atoms with Crippen LogP contribution in [0.1, 0.15) is 30.1 Å². The number of rotatable bonds is 7. The van der Waals surface area contributed by atoms with Gasteiger partial charge in [-0.25, -0.2) is 12.8 Å². The van der Waals surface area contributed by atoms with Crippen molar-refractivity contribution in [2.75, 3.05) is 31.6 Å². The molecule has 5 nitrogen and oxygen atoms in total. The molecule has 7 heteroatoms. The quantitative estimate of drug-likeness (QED) is 0.808. The number of carbonyl (C=O) groups excluding carboxylic acids is 1. The largest absolute Gasteiger partial charge is 0.348 e. The van der Waals surface area contributed by atoms with E-state index in [0.29, 0.717) is 13.1 Å². The molecule has 0 radical (unpaired) electrons. The lowest BCUT2D eigenvalue weighted by molar-refractivity contribution is 0.0925. The van der Waals surface area contributed by atoms with Gasteiger partial charge in [-0.3, -0.25) is 9.69 Å². The second-order valence-corrected chi connectivity index (χ2v) is 8.76. The molecule has 134 valence electrons. The summed E-state index contributed by atoms with van der Waals surface area (Å²) in [5.74, 6) is -0.580. The van der Waals surface area contributed by atoms with Crippen LogP contribution < -0.4 is 5.32 Å². The zero-order chi connectivity index (χ0) is 17.7. The average molecular weight is 356 g/mol. The minimum Gasteiger partial charge on any atom is -0.348 e. The third-order valence-electron chi connectivity index (χ3n) is 4.39. The Balaban J connectivity index is 2.01. The molecular weight excluding hydrogens is 331 g/mol. The molecular formula is C17H25FN2O3S. The molecule has 0 unspecified atom stereocenters. The molecule has 1 aliphatic heterocycles. The minimum absolute atomic E-state index is 0.0438. The van der Waals surface area contributed by atoms with Crippen molar-refractivity contribution in [3.8, 4) is 0 Å². The molecule has 0 spiro atoms. The molecule has 2 atom stereocenters. The van der Waals surface area contributed by atoms with Gasteiger partial charge < -0.3 is 5.32 Å². The van der Waals surface area contributed by atoms with Gasteiger partial charge in [-0.1, -0.05) is 25.5 Å². The molecule has 1 aromatic carbocycles. The summed E-state index contributed by atoms with van der Waals surface area (Å²) in [5.41, 5.74) is 0.0438.